The highest BCUT2D eigenvalue weighted by Gasteiger charge is 2.07. The molecule has 21 heavy (non-hydrogen) atoms. The van der Waals surface area contributed by atoms with Gasteiger partial charge in [-0.3, -0.25) is 0 Å². The molecule has 0 aliphatic heterocycles. The standard InChI is InChI=1S/C18H22BrNO/c1-4-15(20)10-14-5-6-16(11-18(14)19)21-17-8-12(2)7-13(3)9-17/h5-9,11,15H,4,10,20H2,1-3H3. The highest BCUT2D eigenvalue weighted by atomic mass is 79.9. The summed E-state index contributed by atoms with van der Waals surface area (Å²) in [5.74, 6) is 1.71. The third-order valence-corrected chi connectivity index (χ3v) is 4.20. The first-order chi connectivity index (χ1) is 9.97. The maximum atomic E-state index is 6.02. The van der Waals surface area contributed by atoms with Gasteiger partial charge in [0.25, 0.3) is 0 Å². The lowest BCUT2D eigenvalue weighted by atomic mass is 10.0. The quantitative estimate of drug-likeness (QED) is 0.812. The van der Waals surface area contributed by atoms with Gasteiger partial charge in [-0.15, -0.1) is 0 Å². The Labute approximate surface area is 135 Å². The number of halogens is 1. The lowest BCUT2D eigenvalue weighted by Gasteiger charge is -2.13. The smallest absolute Gasteiger partial charge is 0.128 e. The molecular formula is C18H22BrNO. The highest BCUT2D eigenvalue weighted by Crippen LogP contribution is 2.29. The van der Waals surface area contributed by atoms with Crippen LogP contribution in [-0.4, -0.2) is 6.04 Å². The summed E-state index contributed by atoms with van der Waals surface area (Å²) in [5.41, 5.74) is 9.64. The van der Waals surface area contributed by atoms with Crippen LogP contribution >= 0.6 is 15.9 Å². The van der Waals surface area contributed by atoms with E-state index >= 15 is 0 Å². The van der Waals surface area contributed by atoms with Gasteiger partial charge in [-0.25, -0.2) is 0 Å². The summed E-state index contributed by atoms with van der Waals surface area (Å²) in [7, 11) is 0. The molecule has 0 amide bonds. The molecule has 0 saturated carbocycles. The molecule has 112 valence electrons. The Balaban J connectivity index is 2.16. The van der Waals surface area contributed by atoms with E-state index in [1.807, 2.05) is 24.3 Å². The molecule has 1 unspecified atom stereocenters. The molecule has 0 bridgehead atoms. The first-order valence-corrected chi connectivity index (χ1v) is 8.07. The Morgan fingerprint density at radius 2 is 1.71 bits per heavy atom. The van der Waals surface area contributed by atoms with Crippen LogP contribution in [0.1, 0.15) is 30.0 Å². The summed E-state index contributed by atoms with van der Waals surface area (Å²) in [6.45, 7) is 6.26. The van der Waals surface area contributed by atoms with Crippen LogP contribution in [0.15, 0.2) is 40.9 Å². The van der Waals surface area contributed by atoms with E-state index in [1.165, 1.54) is 16.7 Å². The summed E-state index contributed by atoms with van der Waals surface area (Å²) in [4.78, 5) is 0. The Morgan fingerprint density at radius 3 is 2.29 bits per heavy atom. The monoisotopic (exact) mass is 347 g/mol. The van der Waals surface area contributed by atoms with E-state index in [2.05, 4.69) is 48.8 Å². The van der Waals surface area contributed by atoms with Gasteiger partial charge >= 0.3 is 0 Å². The largest absolute Gasteiger partial charge is 0.457 e. The van der Waals surface area contributed by atoms with Gasteiger partial charge in [-0.1, -0.05) is 35.0 Å². The van der Waals surface area contributed by atoms with Crippen molar-refractivity contribution in [1.82, 2.24) is 0 Å². The molecule has 2 aromatic carbocycles. The van der Waals surface area contributed by atoms with E-state index in [-0.39, 0.29) is 6.04 Å². The molecule has 2 nitrogen and oxygen atoms in total. The first-order valence-electron chi connectivity index (χ1n) is 7.28. The van der Waals surface area contributed by atoms with Crippen molar-refractivity contribution in [1.29, 1.82) is 0 Å². The number of hydrogen-bond acceptors (Lipinski definition) is 2. The van der Waals surface area contributed by atoms with Crippen molar-refractivity contribution in [2.24, 2.45) is 5.73 Å². The second-order valence-corrected chi connectivity index (χ2v) is 6.41. The van der Waals surface area contributed by atoms with Crippen molar-refractivity contribution in [3.05, 3.63) is 57.6 Å². The summed E-state index contributed by atoms with van der Waals surface area (Å²) >= 11 is 3.61. The molecule has 2 N–H and O–H groups in total. The molecule has 0 fully saturated rings. The maximum Gasteiger partial charge on any atom is 0.128 e. The molecule has 0 spiro atoms. The Bertz CT molecular complexity index is 604. The van der Waals surface area contributed by atoms with E-state index in [1.54, 1.807) is 0 Å². The number of nitrogens with two attached hydrogens (primary N) is 1. The molecule has 2 aromatic rings. The third kappa shape index (κ3) is 4.58. The number of rotatable bonds is 5. The molecule has 3 heteroatoms. The minimum atomic E-state index is 0.201. The number of aryl methyl sites for hydroxylation is 2. The third-order valence-electron chi connectivity index (χ3n) is 3.46. The van der Waals surface area contributed by atoms with Gasteiger partial charge in [0.1, 0.15) is 11.5 Å². The molecule has 0 heterocycles. The van der Waals surface area contributed by atoms with Crippen LogP contribution in [0.4, 0.5) is 0 Å². The summed E-state index contributed by atoms with van der Waals surface area (Å²) in [6.07, 6.45) is 1.86. The molecule has 0 radical (unpaired) electrons. The Kier molecular flexibility index (Phi) is 5.43. The van der Waals surface area contributed by atoms with Crippen LogP contribution in [-0.2, 0) is 6.42 Å². The Hall–Kier alpha value is -1.32. The van der Waals surface area contributed by atoms with Crippen LogP contribution in [0.5, 0.6) is 11.5 Å². The number of hydrogen-bond donors (Lipinski definition) is 1. The van der Waals surface area contributed by atoms with Crippen molar-refractivity contribution >= 4 is 15.9 Å². The predicted molar refractivity (Wildman–Crippen MR) is 92.1 cm³/mol. The topological polar surface area (TPSA) is 35.2 Å². The van der Waals surface area contributed by atoms with Gasteiger partial charge in [0.2, 0.25) is 0 Å². The second kappa shape index (κ2) is 7.10. The first kappa shape index (κ1) is 16.1. The van der Waals surface area contributed by atoms with Crippen LogP contribution in [0, 0.1) is 13.8 Å². The van der Waals surface area contributed by atoms with Gasteiger partial charge in [-0.2, -0.15) is 0 Å². The number of benzene rings is 2. The Morgan fingerprint density at radius 1 is 1.05 bits per heavy atom. The van der Waals surface area contributed by atoms with Gasteiger partial charge in [0.15, 0.2) is 0 Å². The van der Waals surface area contributed by atoms with Gasteiger partial charge < -0.3 is 10.5 Å². The average Bonchev–Trinajstić information content (AvgIpc) is 2.40. The second-order valence-electron chi connectivity index (χ2n) is 5.55. The normalized spacial score (nSPS) is 12.2. The zero-order chi connectivity index (χ0) is 15.4. The van der Waals surface area contributed by atoms with Crippen LogP contribution in [0.3, 0.4) is 0 Å². The molecule has 1 atom stereocenters. The lowest BCUT2D eigenvalue weighted by Crippen LogP contribution is -2.21. The van der Waals surface area contributed by atoms with E-state index < -0.39 is 0 Å². The molecule has 0 aliphatic carbocycles. The zero-order valence-corrected chi connectivity index (χ0v) is 14.4. The zero-order valence-electron chi connectivity index (χ0n) is 12.8. The minimum Gasteiger partial charge on any atom is -0.457 e. The fourth-order valence-electron chi connectivity index (χ4n) is 2.31. The average molecular weight is 348 g/mol. The van der Waals surface area contributed by atoms with Gasteiger partial charge in [0.05, 0.1) is 0 Å². The van der Waals surface area contributed by atoms with E-state index in [0.717, 1.165) is 28.8 Å². The highest BCUT2D eigenvalue weighted by molar-refractivity contribution is 9.10. The minimum absolute atomic E-state index is 0.201. The molecule has 0 aliphatic rings. The molecule has 0 aromatic heterocycles. The van der Waals surface area contributed by atoms with E-state index in [9.17, 15) is 0 Å². The van der Waals surface area contributed by atoms with Gasteiger partial charge in [-0.05, 0) is 67.6 Å². The fraction of sp³-hybridized carbons (Fsp3) is 0.333. The maximum absolute atomic E-state index is 6.02. The van der Waals surface area contributed by atoms with E-state index in [4.69, 9.17) is 10.5 Å². The lowest BCUT2D eigenvalue weighted by molar-refractivity contribution is 0.481. The van der Waals surface area contributed by atoms with Crippen molar-refractivity contribution < 1.29 is 4.74 Å². The van der Waals surface area contributed by atoms with Crippen molar-refractivity contribution in [3.8, 4) is 11.5 Å². The summed E-state index contributed by atoms with van der Waals surface area (Å²) < 4.78 is 7.00. The SMILES string of the molecule is CCC(N)Cc1ccc(Oc2cc(C)cc(C)c2)cc1Br. The molecular weight excluding hydrogens is 326 g/mol. The molecule has 0 saturated heterocycles. The van der Waals surface area contributed by atoms with Crippen molar-refractivity contribution in [2.75, 3.05) is 0 Å². The van der Waals surface area contributed by atoms with Gasteiger partial charge in [0, 0.05) is 10.5 Å². The van der Waals surface area contributed by atoms with Crippen LogP contribution < -0.4 is 10.5 Å². The van der Waals surface area contributed by atoms with E-state index in [0.29, 0.717) is 0 Å². The predicted octanol–water partition coefficient (Wildman–Crippen LogP) is 5.14. The van der Waals surface area contributed by atoms with Crippen molar-refractivity contribution in [2.45, 2.75) is 39.7 Å². The summed E-state index contributed by atoms with van der Waals surface area (Å²) in [6, 6.07) is 12.5. The molecule has 2 rings (SSSR count). The summed E-state index contributed by atoms with van der Waals surface area (Å²) in [5, 5.41) is 0. The fourth-order valence-corrected chi connectivity index (χ4v) is 2.83. The van der Waals surface area contributed by atoms with Crippen LogP contribution in [0.2, 0.25) is 0 Å². The van der Waals surface area contributed by atoms with Crippen molar-refractivity contribution in [3.63, 3.8) is 0 Å². The number of ether oxygens (including phenoxy) is 1. The van der Waals surface area contributed by atoms with Crippen LogP contribution in [0.25, 0.3) is 0 Å².